The van der Waals surface area contributed by atoms with E-state index in [0.717, 1.165) is 16.4 Å². The highest BCUT2D eigenvalue weighted by Gasteiger charge is 2.35. The molecule has 1 unspecified atom stereocenters. The van der Waals surface area contributed by atoms with Crippen LogP contribution in [0.3, 0.4) is 0 Å². The van der Waals surface area contributed by atoms with Crippen molar-refractivity contribution in [3.8, 4) is 0 Å². The lowest BCUT2D eigenvalue weighted by atomic mass is 10.1. The van der Waals surface area contributed by atoms with Gasteiger partial charge >= 0.3 is 5.97 Å². The molecule has 110 valence electrons. The molecule has 0 aliphatic carbocycles. The fourth-order valence-corrected chi connectivity index (χ4v) is 3.85. The van der Waals surface area contributed by atoms with Crippen molar-refractivity contribution in [1.82, 2.24) is 4.31 Å². The first-order chi connectivity index (χ1) is 9.30. The maximum Gasteiger partial charge on any atom is 0.303 e. The van der Waals surface area contributed by atoms with Gasteiger partial charge in [-0.2, -0.15) is 4.31 Å². The molecular formula is C12H13F2NO4S. The minimum absolute atomic E-state index is 0.00455. The Morgan fingerprint density at radius 2 is 2.10 bits per heavy atom. The largest absolute Gasteiger partial charge is 0.481 e. The van der Waals surface area contributed by atoms with E-state index in [0.29, 0.717) is 12.5 Å². The summed E-state index contributed by atoms with van der Waals surface area (Å²) in [6.07, 6.45) is 0.250. The van der Waals surface area contributed by atoms with E-state index in [4.69, 9.17) is 5.11 Å². The van der Waals surface area contributed by atoms with Crippen LogP contribution in [0.1, 0.15) is 12.8 Å². The molecule has 1 N–H and O–H groups in total. The number of carboxylic acid groups (broad SMARTS) is 1. The van der Waals surface area contributed by atoms with Crippen LogP contribution in [0, 0.1) is 17.6 Å². The quantitative estimate of drug-likeness (QED) is 0.913. The zero-order valence-electron chi connectivity index (χ0n) is 10.4. The summed E-state index contributed by atoms with van der Waals surface area (Å²) in [7, 11) is -4.14. The van der Waals surface area contributed by atoms with Gasteiger partial charge in [-0.25, -0.2) is 17.2 Å². The van der Waals surface area contributed by atoms with Crippen molar-refractivity contribution in [1.29, 1.82) is 0 Å². The predicted molar refractivity (Wildman–Crippen MR) is 65.5 cm³/mol. The summed E-state index contributed by atoms with van der Waals surface area (Å²) in [5, 5.41) is 8.68. The molecular weight excluding hydrogens is 292 g/mol. The molecule has 5 nitrogen and oxygen atoms in total. The Bertz CT molecular complexity index is 632. The Labute approximate surface area is 114 Å². The number of benzene rings is 1. The summed E-state index contributed by atoms with van der Waals surface area (Å²) in [6, 6.07) is 2.23. The molecule has 0 bridgehead atoms. The number of aliphatic carboxylic acids is 1. The standard InChI is InChI=1S/C12H13F2NO4S/c13-9-1-2-10(14)11(6-9)20(18,19)15-4-3-8(7-15)5-12(16)17/h1-2,6,8H,3-5,7H2,(H,16,17). The first-order valence-electron chi connectivity index (χ1n) is 5.97. The van der Waals surface area contributed by atoms with Gasteiger partial charge in [0.1, 0.15) is 16.5 Å². The molecule has 1 aromatic rings. The van der Waals surface area contributed by atoms with Crippen LogP contribution in [0.15, 0.2) is 23.1 Å². The topological polar surface area (TPSA) is 74.7 Å². The van der Waals surface area contributed by atoms with Crippen molar-refractivity contribution in [2.75, 3.05) is 13.1 Å². The predicted octanol–water partition coefficient (Wildman–Crippen LogP) is 1.45. The fraction of sp³-hybridized carbons (Fsp3) is 0.417. The molecule has 0 saturated carbocycles. The van der Waals surface area contributed by atoms with Crippen LogP contribution in [-0.4, -0.2) is 36.9 Å². The van der Waals surface area contributed by atoms with E-state index in [9.17, 15) is 22.0 Å². The third kappa shape index (κ3) is 2.96. The van der Waals surface area contributed by atoms with Crippen LogP contribution in [0.2, 0.25) is 0 Å². The minimum atomic E-state index is -4.14. The normalized spacial score (nSPS) is 20.2. The highest BCUT2D eigenvalue weighted by molar-refractivity contribution is 7.89. The van der Waals surface area contributed by atoms with E-state index in [2.05, 4.69) is 0 Å². The fourth-order valence-electron chi connectivity index (χ4n) is 2.24. The summed E-state index contributed by atoms with van der Waals surface area (Å²) in [5.41, 5.74) is 0. The molecule has 1 heterocycles. The summed E-state index contributed by atoms with van der Waals surface area (Å²) in [5.74, 6) is -3.18. The van der Waals surface area contributed by atoms with Gasteiger partial charge in [0.25, 0.3) is 0 Å². The van der Waals surface area contributed by atoms with Crippen LogP contribution < -0.4 is 0 Å². The molecule has 0 spiro atoms. The Morgan fingerprint density at radius 1 is 1.40 bits per heavy atom. The Kier molecular flexibility index (Phi) is 4.05. The van der Waals surface area contributed by atoms with E-state index in [1.54, 1.807) is 0 Å². The molecule has 0 aromatic heterocycles. The molecule has 1 aliphatic heterocycles. The van der Waals surface area contributed by atoms with Crippen molar-refractivity contribution in [2.24, 2.45) is 5.92 Å². The third-order valence-electron chi connectivity index (χ3n) is 3.22. The number of nitrogens with zero attached hydrogens (tertiary/aromatic N) is 1. The van der Waals surface area contributed by atoms with Gasteiger partial charge < -0.3 is 5.11 Å². The van der Waals surface area contributed by atoms with E-state index in [1.807, 2.05) is 0 Å². The maximum absolute atomic E-state index is 13.6. The van der Waals surface area contributed by atoms with Crippen LogP contribution in [0.25, 0.3) is 0 Å². The zero-order valence-corrected chi connectivity index (χ0v) is 11.2. The van der Waals surface area contributed by atoms with Crippen LogP contribution in [0.5, 0.6) is 0 Å². The molecule has 1 fully saturated rings. The average molecular weight is 305 g/mol. The lowest BCUT2D eigenvalue weighted by Gasteiger charge is -2.16. The second-order valence-corrected chi connectivity index (χ2v) is 6.60. The maximum atomic E-state index is 13.6. The van der Waals surface area contributed by atoms with E-state index in [1.165, 1.54) is 0 Å². The van der Waals surface area contributed by atoms with Crippen molar-refractivity contribution >= 4 is 16.0 Å². The monoisotopic (exact) mass is 305 g/mol. The molecule has 1 aromatic carbocycles. The summed E-state index contributed by atoms with van der Waals surface area (Å²) in [6.45, 7) is 0.112. The van der Waals surface area contributed by atoms with E-state index >= 15 is 0 Å². The number of sulfonamides is 1. The second kappa shape index (κ2) is 5.45. The molecule has 8 heteroatoms. The number of hydrogen-bond acceptors (Lipinski definition) is 3. The first kappa shape index (κ1) is 14.9. The molecule has 0 amide bonds. The highest BCUT2D eigenvalue weighted by atomic mass is 32.2. The van der Waals surface area contributed by atoms with Gasteiger partial charge in [0.2, 0.25) is 10.0 Å². The minimum Gasteiger partial charge on any atom is -0.481 e. The second-order valence-electron chi connectivity index (χ2n) is 4.69. The van der Waals surface area contributed by atoms with Gasteiger partial charge in [-0.3, -0.25) is 4.79 Å². The van der Waals surface area contributed by atoms with Gasteiger partial charge in [0.15, 0.2) is 0 Å². The molecule has 1 atom stereocenters. The number of halogens is 2. The summed E-state index contributed by atoms with van der Waals surface area (Å²) >= 11 is 0. The number of hydrogen-bond donors (Lipinski definition) is 1. The van der Waals surface area contributed by atoms with E-state index in [-0.39, 0.29) is 25.4 Å². The van der Waals surface area contributed by atoms with Crippen molar-refractivity contribution in [3.05, 3.63) is 29.8 Å². The van der Waals surface area contributed by atoms with Crippen LogP contribution in [0.4, 0.5) is 8.78 Å². The zero-order chi connectivity index (χ0) is 14.9. The summed E-state index contributed by atoms with van der Waals surface area (Å²) in [4.78, 5) is 9.89. The third-order valence-corrected chi connectivity index (χ3v) is 5.10. The van der Waals surface area contributed by atoms with Crippen molar-refractivity contribution in [2.45, 2.75) is 17.7 Å². The average Bonchev–Trinajstić information content (AvgIpc) is 2.80. The Hall–Kier alpha value is -1.54. The Balaban J connectivity index is 2.24. The first-order valence-corrected chi connectivity index (χ1v) is 7.41. The molecule has 1 saturated heterocycles. The lowest BCUT2D eigenvalue weighted by molar-refractivity contribution is -0.137. The van der Waals surface area contributed by atoms with Crippen LogP contribution in [-0.2, 0) is 14.8 Å². The SMILES string of the molecule is O=C(O)CC1CCN(S(=O)(=O)c2cc(F)ccc2F)C1. The van der Waals surface area contributed by atoms with Crippen molar-refractivity contribution in [3.63, 3.8) is 0 Å². The van der Waals surface area contributed by atoms with Gasteiger partial charge in [0, 0.05) is 19.5 Å². The Morgan fingerprint density at radius 3 is 2.75 bits per heavy atom. The highest BCUT2D eigenvalue weighted by Crippen LogP contribution is 2.27. The van der Waals surface area contributed by atoms with Crippen molar-refractivity contribution < 1.29 is 27.1 Å². The molecule has 0 radical (unpaired) electrons. The molecule has 20 heavy (non-hydrogen) atoms. The molecule has 1 aliphatic rings. The smallest absolute Gasteiger partial charge is 0.303 e. The number of carbonyl (C=O) groups is 1. The van der Waals surface area contributed by atoms with Gasteiger partial charge in [-0.1, -0.05) is 0 Å². The van der Waals surface area contributed by atoms with Crippen LogP contribution >= 0.6 is 0 Å². The van der Waals surface area contributed by atoms with Gasteiger partial charge in [0.05, 0.1) is 0 Å². The number of rotatable bonds is 4. The lowest BCUT2D eigenvalue weighted by Crippen LogP contribution is -2.30. The van der Waals surface area contributed by atoms with E-state index < -0.39 is 32.5 Å². The molecule has 2 rings (SSSR count). The number of carboxylic acids is 1. The summed E-state index contributed by atoms with van der Waals surface area (Å²) < 4.78 is 52.1. The van der Waals surface area contributed by atoms with Gasteiger partial charge in [-0.15, -0.1) is 0 Å². The van der Waals surface area contributed by atoms with Gasteiger partial charge in [-0.05, 0) is 30.5 Å².